The van der Waals surface area contributed by atoms with Crippen LogP contribution in [0.2, 0.25) is 0 Å². The Morgan fingerprint density at radius 3 is 1.32 bits per heavy atom. The van der Waals surface area contributed by atoms with Gasteiger partial charge in [0.15, 0.2) is 11.4 Å². The van der Waals surface area contributed by atoms with Gasteiger partial charge < -0.3 is 46.7 Å². The highest BCUT2D eigenvalue weighted by atomic mass is 35.5. The molecule has 6 heterocycles. The minimum Gasteiger partial charge on any atom is -0.457 e. The van der Waals surface area contributed by atoms with Crippen molar-refractivity contribution in [1.29, 1.82) is 0 Å². The zero-order chi connectivity index (χ0) is 49.8. The maximum absolute atomic E-state index is 13.2. The van der Waals surface area contributed by atoms with Gasteiger partial charge in [-0.05, 0) is 181 Å². The number of primary amides is 2. The number of nitrogens with zero attached hydrogens (tertiary/aromatic N) is 5. The molecule has 2 saturated heterocycles. The van der Waals surface area contributed by atoms with Gasteiger partial charge in [0.1, 0.15) is 63.3 Å². The van der Waals surface area contributed by atoms with Gasteiger partial charge >= 0.3 is 6.09 Å². The molecule has 2 aromatic heterocycles. The van der Waals surface area contributed by atoms with E-state index in [1.54, 1.807) is 62.8 Å². The first-order valence-electron chi connectivity index (χ1n) is 24.3. The molecule has 0 aliphatic carbocycles. The molecular weight excluding hydrogens is 946 g/mol. The number of nitrogens with one attached hydrogen (secondary N) is 3. The summed E-state index contributed by atoms with van der Waals surface area (Å²) in [6, 6.07) is 26.2. The molecule has 2 atom stereocenters. The molecule has 7 N–H and O–H groups in total. The number of halogens is 3. The van der Waals surface area contributed by atoms with E-state index in [1.807, 2.05) is 45.0 Å². The van der Waals surface area contributed by atoms with Crippen molar-refractivity contribution in [3.05, 3.63) is 132 Å². The quantitative estimate of drug-likeness (QED) is 0.0874. The number of hydrogen-bond donors (Lipinski definition) is 5. The minimum absolute atomic E-state index is 0. The van der Waals surface area contributed by atoms with E-state index in [0.29, 0.717) is 83.2 Å². The molecule has 0 bridgehead atoms. The lowest BCUT2D eigenvalue weighted by atomic mass is 9.81. The number of carbonyl (C=O) groups excluding carboxylic acids is 3. The summed E-state index contributed by atoms with van der Waals surface area (Å²) in [5.41, 5.74) is 21.0. The van der Waals surface area contributed by atoms with Crippen LogP contribution in [0.5, 0.6) is 23.0 Å². The molecule has 2 fully saturated rings. The van der Waals surface area contributed by atoms with Crippen LogP contribution in [0.4, 0.5) is 13.6 Å². The van der Waals surface area contributed by atoms with Crippen molar-refractivity contribution in [2.45, 2.75) is 76.7 Å². The predicted molar refractivity (Wildman–Crippen MR) is 272 cm³/mol. The highest BCUT2D eigenvalue weighted by Gasteiger charge is 2.38. The third-order valence-corrected chi connectivity index (χ3v) is 13.5. The van der Waals surface area contributed by atoms with Crippen LogP contribution in [0.25, 0.3) is 22.5 Å². The lowest BCUT2D eigenvalue weighted by Crippen LogP contribution is -2.43. The topological polar surface area (TPSA) is 206 Å². The van der Waals surface area contributed by atoms with E-state index in [9.17, 15) is 23.2 Å². The van der Waals surface area contributed by atoms with E-state index in [-0.39, 0.29) is 36.1 Å². The van der Waals surface area contributed by atoms with Crippen molar-refractivity contribution < 1.29 is 37.4 Å². The van der Waals surface area contributed by atoms with E-state index in [2.05, 4.69) is 16.2 Å². The van der Waals surface area contributed by atoms with Crippen molar-refractivity contribution in [2.24, 2.45) is 23.3 Å². The number of benzene rings is 4. The van der Waals surface area contributed by atoms with Gasteiger partial charge in [0.2, 0.25) is 0 Å². The lowest BCUT2D eigenvalue weighted by molar-refractivity contribution is 0.0170. The number of piperidine rings is 2. The smallest absolute Gasteiger partial charge is 0.410 e. The van der Waals surface area contributed by atoms with Gasteiger partial charge in [0.25, 0.3) is 11.8 Å². The molecule has 0 saturated carbocycles. The molecule has 72 heavy (non-hydrogen) atoms. The number of amides is 3. The average Bonchev–Trinajstić information content (AvgIpc) is 3.96. The second kappa shape index (κ2) is 22.1. The number of aromatic nitrogens is 4. The first-order chi connectivity index (χ1) is 34.2. The Labute approximate surface area is 423 Å². The van der Waals surface area contributed by atoms with Crippen molar-refractivity contribution in [2.75, 3.05) is 50.1 Å². The number of ether oxygens (including phenoxy) is 3. The van der Waals surface area contributed by atoms with Gasteiger partial charge in [0, 0.05) is 49.1 Å². The molecule has 4 aliphatic heterocycles. The summed E-state index contributed by atoms with van der Waals surface area (Å²) in [7, 11) is 0. The fourth-order valence-electron chi connectivity index (χ4n) is 10.1. The Hall–Kier alpha value is -7.18. The standard InChI is InChI=1S/C29H34FN5O4.C24H26FN5O2.ClH/c1-29(2,3)39-28(37)34-16-13-18(14-17-34)23-12-15-32-35-25(26(31)36)24(33-27(23)35)19-4-8-21(9-5-19)38-22-10-6-20(30)7-11-22;25-17-3-7-19(8-4-17)32-18-5-1-16(2-6-18)21-22(23(26)31)30-24(29-21)20(11-14-28-30)15-9-12-27-13-10-15;/h4-11,18,23,32H,12-17H2,1-3H3,(H2,31,36);1-8,15,20,27-28H,9-14H2,(H2,26,31);1H. The van der Waals surface area contributed by atoms with Crippen LogP contribution in [0.1, 0.15) is 104 Å². The molecule has 2 unspecified atom stereocenters. The van der Waals surface area contributed by atoms with E-state index >= 15 is 0 Å². The summed E-state index contributed by atoms with van der Waals surface area (Å²) < 4.78 is 47.0. The molecule has 10 rings (SSSR count). The Morgan fingerprint density at radius 2 is 0.944 bits per heavy atom. The second-order valence-corrected chi connectivity index (χ2v) is 19.4. The number of nitrogens with two attached hydrogens (primary N) is 2. The Bertz CT molecular complexity index is 2840. The Morgan fingerprint density at radius 1 is 0.569 bits per heavy atom. The fraction of sp³-hybridized carbons (Fsp3) is 0.377. The first kappa shape index (κ1) is 51.2. The fourth-order valence-corrected chi connectivity index (χ4v) is 10.1. The van der Waals surface area contributed by atoms with Gasteiger partial charge in [-0.3, -0.25) is 9.59 Å². The van der Waals surface area contributed by atoms with Crippen molar-refractivity contribution in [1.82, 2.24) is 29.5 Å². The summed E-state index contributed by atoms with van der Waals surface area (Å²) in [6.07, 6.45) is 5.45. The summed E-state index contributed by atoms with van der Waals surface area (Å²) in [6.45, 7) is 10.3. The van der Waals surface area contributed by atoms with E-state index < -0.39 is 17.4 Å². The highest BCUT2D eigenvalue weighted by Crippen LogP contribution is 2.41. The van der Waals surface area contributed by atoms with Gasteiger partial charge in [-0.2, -0.15) is 0 Å². The molecule has 16 nitrogen and oxygen atoms in total. The van der Waals surface area contributed by atoms with Gasteiger partial charge in [-0.25, -0.2) is 32.9 Å². The number of imidazole rings is 2. The lowest BCUT2D eigenvalue weighted by Gasteiger charge is -2.38. The molecule has 0 radical (unpaired) electrons. The molecule has 4 aliphatic rings. The van der Waals surface area contributed by atoms with Gasteiger partial charge in [-0.1, -0.05) is 0 Å². The number of carbonyl (C=O) groups is 3. The number of rotatable bonds is 10. The van der Waals surface area contributed by atoms with E-state index in [1.165, 1.54) is 24.3 Å². The molecule has 3 amide bonds. The van der Waals surface area contributed by atoms with E-state index in [4.69, 9.17) is 35.6 Å². The summed E-state index contributed by atoms with van der Waals surface area (Å²) in [5.74, 6) is 3.47. The SMILES string of the molecule is CC(C)(C)OC(=O)N1CCC(C2CCNn3c2nc(-c2ccc(Oc4ccc(F)cc4)cc2)c3C(N)=O)CC1.Cl.NC(=O)c1c(-c2ccc(Oc3ccc(F)cc3)cc2)nc2n1NCCC2C1CCNCC1. The van der Waals surface area contributed by atoms with Crippen LogP contribution in [0.15, 0.2) is 97.1 Å². The van der Waals surface area contributed by atoms with Crippen LogP contribution in [0.3, 0.4) is 0 Å². The summed E-state index contributed by atoms with van der Waals surface area (Å²) in [5, 5.41) is 3.42. The second-order valence-electron chi connectivity index (χ2n) is 19.4. The third kappa shape index (κ3) is 11.6. The minimum atomic E-state index is -0.566. The Kier molecular flexibility index (Phi) is 15.7. The molecule has 0 spiro atoms. The zero-order valence-electron chi connectivity index (χ0n) is 40.5. The molecule has 6 aromatic rings. The number of hydrogen-bond acceptors (Lipinski definition) is 11. The zero-order valence-corrected chi connectivity index (χ0v) is 41.4. The molecule has 380 valence electrons. The molecule has 19 heteroatoms. The van der Waals surface area contributed by atoms with Crippen LogP contribution >= 0.6 is 12.4 Å². The summed E-state index contributed by atoms with van der Waals surface area (Å²) >= 11 is 0. The molecular formula is C53H61ClF2N10O6. The maximum Gasteiger partial charge on any atom is 0.410 e. The summed E-state index contributed by atoms with van der Waals surface area (Å²) in [4.78, 5) is 49.1. The van der Waals surface area contributed by atoms with Crippen LogP contribution in [0, 0.1) is 23.5 Å². The van der Waals surface area contributed by atoms with Crippen molar-refractivity contribution >= 4 is 30.3 Å². The van der Waals surface area contributed by atoms with Gasteiger partial charge in [-0.15, -0.1) is 12.4 Å². The number of likely N-dealkylation sites (tertiary alicyclic amines) is 1. The third-order valence-electron chi connectivity index (χ3n) is 13.5. The monoisotopic (exact) mass is 1010 g/mol. The van der Waals surface area contributed by atoms with E-state index in [0.717, 1.165) is 80.9 Å². The van der Waals surface area contributed by atoms with Crippen LogP contribution in [-0.4, -0.2) is 87.0 Å². The first-order valence-corrected chi connectivity index (χ1v) is 24.3. The molecule has 4 aromatic carbocycles. The largest absolute Gasteiger partial charge is 0.457 e. The van der Waals surface area contributed by atoms with Crippen LogP contribution < -0.4 is 37.1 Å². The van der Waals surface area contributed by atoms with Crippen molar-refractivity contribution in [3.8, 4) is 45.5 Å². The Balaban J connectivity index is 0.000000193. The van der Waals surface area contributed by atoms with Gasteiger partial charge in [0.05, 0.1) is 0 Å². The highest BCUT2D eigenvalue weighted by molar-refractivity contribution is 5.98. The predicted octanol–water partition coefficient (Wildman–Crippen LogP) is 9.29. The number of fused-ring (bicyclic) bond motifs is 2. The van der Waals surface area contributed by atoms with Crippen LogP contribution in [-0.2, 0) is 4.74 Å². The normalized spacial score (nSPS) is 17.9. The maximum atomic E-state index is 13.2. The van der Waals surface area contributed by atoms with Crippen molar-refractivity contribution in [3.63, 3.8) is 0 Å². The average molecular weight is 1010 g/mol.